The van der Waals surface area contributed by atoms with Crippen LogP contribution in [0.25, 0.3) is 0 Å². The summed E-state index contributed by atoms with van der Waals surface area (Å²) in [6.07, 6.45) is 1.62. The third kappa shape index (κ3) is 3.39. The zero-order chi connectivity index (χ0) is 16.3. The second kappa shape index (κ2) is 6.62. The van der Waals surface area contributed by atoms with Gasteiger partial charge in [-0.25, -0.2) is 0 Å². The average molecular weight is 334 g/mol. The Hall–Kier alpha value is -1.66. The first kappa shape index (κ1) is 16.7. The summed E-state index contributed by atoms with van der Waals surface area (Å²) in [6.45, 7) is 7.80. The second-order valence-electron chi connectivity index (χ2n) is 5.48. The summed E-state index contributed by atoms with van der Waals surface area (Å²) >= 11 is 6.70. The Morgan fingerprint density at radius 2 is 2.09 bits per heavy atom. The molecule has 116 valence electrons. The fourth-order valence-corrected chi connectivity index (χ4v) is 4.03. The Morgan fingerprint density at radius 3 is 2.68 bits per heavy atom. The van der Waals surface area contributed by atoms with Crippen LogP contribution in [0.2, 0.25) is 0 Å². The van der Waals surface area contributed by atoms with Crippen LogP contribution < -0.4 is 5.32 Å². The van der Waals surface area contributed by atoms with E-state index in [9.17, 15) is 9.59 Å². The number of rotatable bonds is 4. The van der Waals surface area contributed by atoms with Gasteiger partial charge >= 0.3 is 0 Å². The molecule has 1 atom stereocenters. The van der Waals surface area contributed by atoms with Gasteiger partial charge in [0.05, 0.1) is 0 Å². The number of thiocarbonyl (C=S) groups is 1. The molecular formula is C16H18N2O2S2. The van der Waals surface area contributed by atoms with Gasteiger partial charge in [0.2, 0.25) is 0 Å². The van der Waals surface area contributed by atoms with E-state index in [1.54, 1.807) is 30.3 Å². The van der Waals surface area contributed by atoms with Crippen LogP contribution in [-0.2, 0) is 4.79 Å². The second-order valence-corrected chi connectivity index (χ2v) is 7.77. The van der Waals surface area contributed by atoms with Gasteiger partial charge in [-0.15, -0.1) is 6.58 Å². The summed E-state index contributed by atoms with van der Waals surface area (Å²) in [7, 11) is 0. The topological polar surface area (TPSA) is 49.4 Å². The van der Waals surface area contributed by atoms with Gasteiger partial charge in [-0.2, -0.15) is 0 Å². The fraction of sp³-hybridized carbons (Fsp3) is 0.312. The molecule has 1 saturated heterocycles. The van der Waals surface area contributed by atoms with Gasteiger partial charge in [0, 0.05) is 16.9 Å². The van der Waals surface area contributed by atoms with Crippen molar-refractivity contribution in [2.75, 3.05) is 6.54 Å². The highest BCUT2D eigenvalue weighted by Gasteiger charge is 2.46. The highest BCUT2D eigenvalue weighted by atomic mass is 32.2. The van der Waals surface area contributed by atoms with Crippen LogP contribution in [0.15, 0.2) is 43.0 Å². The van der Waals surface area contributed by atoms with Crippen molar-refractivity contribution in [2.45, 2.75) is 24.6 Å². The monoisotopic (exact) mass is 334 g/mol. The first-order valence-electron chi connectivity index (χ1n) is 6.88. The van der Waals surface area contributed by atoms with E-state index in [1.807, 2.05) is 19.9 Å². The van der Waals surface area contributed by atoms with Gasteiger partial charge in [-0.3, -0.25) is 14.5 Å². The maximum Gasteiger partial charge on any atom is 0.252 e. The van der Waals surface area contributed by atoms with Crippen LogP contribution >= 0.6 is 24.0 Å². The largest absolute Gasteiger partial charge is 0.339 e. The van der Waals surface area contributed by atoms with Gasteiger partial charge in [-0.05, 0) is 26.0 Å². The number of nitrogens with one attached hydrogen (secondary N) is 1. The van der Waals surface area contributed by atoms with Crippen molar-refractivity contribution in [3.05, 3.63) is 48.6 Å². The molecule has 2 rings (SSSR count). The van der Waals surface area contributed by atoms with Gasteiger partial charge in [0.1, 0.15) is 10.4 Å². The zero-order valence-electron chi connectivity index (χ0n) is 12.5. The van der Waals surface area contributed by atoms with Crippen LogP contribution in [0.4, 0.5) is 0 Å². The average Bonchev–Trinajstić information content (AvgIpc) is 2.48. The van der Waals surface area contributed by atoms with Crippen molar-refractivity contribution in [3.8, 4) is 0 Å². The third-order valence-electron chi connectivity index (χ3n) is 3.40. The molecule has 1 heterocycles. The molecule has 1 aromatic rings. The van der Waals surface area contributed by atoms with Crippen molar-refractivity contribution in [1.82, 2.24) is 10.2 Å². The van der Waals surface area contributed by atoms with E-state index in [4.69, 9.17) is 12.2 Å². The fourth-order valence-electron chi connectivity index (χ4n) is 2.22. The number of hydrogen-bond acceptors (Lipinski definition) is 4. The lowest BCUT2D eigenvalue weighted by Gasteiger charge is -2.42. The van der Waals surface area contributed by atoms with Gasteiger partial charge in [-0.1, -0.05) is 48.3 Å². The zero-order valence-corrected chi connectivity index (χ0v) is 14.2. The Labute approximate surface area is 140 Å². The third-order valence-corrected chi connectivity index (χ3v) is 5.03. The molecule has 0 aromatic heterocycles. The van der Waals surface area contributed by atoms with E-state index in [0.717, 1.165) is 0 Å². The summed E-state index contributed by atoms with van der Waals surface area (Å²) in [4.78, 5) is 26.5. The standard InChI is InChI=1S/C16H18N2O2S2/c1-4-10-18-14(20)12(16(2,3)22-15(18)21)17-13(19)11-8-6-5-7-9-11/h4-9,12H,1,10H2,2-3H3,(H,17,19). The lowest BCUT2D eigenvalue weighted by atomic mass is 10.0. The molecule has 1 aliphatic rings. The van der Waals surface area contributed by atoms with Crippen LogP contribution in [0.3, 0.4) is 0 Å². The maximum atomic E-state index is 12.7. The minimum absolute atomic E-state index is 0.196. The summed E-state index contributed by atoms with van der Waals surface area (Å²) in [5.41, 5.74) is 0.527. The smallest absolute Gasteiger partial charge is 0.252 e. The molecule has 1 unspecified atom stereocenters. The summed E-state index contributed by atoms with van der Waals surface area (Å²) in [6, 6.07) is 8.21. The molecule has 1 aliphatic heterocycles. The van der Waals surface area contributed by atoms with Crippen molar-refractivity contribution in [1.29, 1.82) is 0 Å². The molecule has 1 aromatic carbocycles. The van der Waals surface area contributed by atoms with E-state index < -0.39 is 10.8 Å². The Kier molecular flexibility index (Phi) is 5.03. The highest BCUT2D eigenvalue weighted by Crippen LogP contribution is 2.36. The molecule has 0 spiro atoms. The van der Waals surface area contributed by atoms with E-state index in [-0.39, 0.29) is 11.8 Å². The minimum atomic E-state index is -0.642. The van der Waals surface area contributed by atoms with Crippen molar-refractivity contribution >= 4 is 40.1 Å². The Morgan fingerprint density at radius 1 is 1.45 bits per heavy atom. The van der Waals surface area contributed by atoms with Crippen LogP contribution in [0, 0.1) is 0 Å². The number of nitrogens with zero attached hydrogens (tertiary/aromatic N) is 1. The lowest BCUT2D eigenvalue weighted by Crippen LogP contribution is -2.62. The summed E-state index contributed by atoms with van der Waals surface area (Å²) in [5, 5.41) is 2.84. The summed E-state index contributed by atoms with van der Waals surface area (Å²) < 4.78 is 0.0103. The van der Waals surface area contributed by atoms with Gasteiger partial charge in [0.15, 0.2) is 0 Å². The summed E-state index contributed by atoms with van der Waals surface area (Å²) in [5.74, 6) is -0.461. The molecule has 1 N–H and O–H groups in total. The van der Waals surface area contributed by atoms with E-state index >= 15 is 0 Å². The number of amides is 2. The molecule has 0 radical (unpaired) electrons. The predicted octanol–water partition coefficient (Wildman–Crippen LogP) is 2.61. The van der Waals surface area contributed by atoms with E-state index in [1.165, 1.54) is 16.7 Å². The van der Waals surface area contributed by atoms with Gasteiger partial charge < -0.3 is 5.32 Å². The first-order valence-corrected chi connectivity index (χ1v) is 8.10. The number of hydrogen-bond donors (Lipinski definition) is 1. The molecule has 0 saturated carbocycles. The number of carbonyl (C=O) groups is 2. The maximum absolute atomic E-state index is 12.7. The number of benzene rings is 1. The molecule has 0 aliphatic carbocycles. The first-order chi connectivity index (χ1) is 10.4. The SMILES string of the molecule is C=CCN1C(=O)C(NC(=O)c2ccccc2)C(C)(C)SC1=S. The van der Waals surface area contributed by atoms with E-state index in [0.29, 0.717) is 16.4 Å². The van der Waals surface area contributed by atoms with Crippen LogP contribution in [0.5, 0.6) is 0 Å². The van der Waals surface area contributed by atoms with Crippen molar-refractivity contribution in [3.63, 3.8) is 0 Å². The number of carbonyl (C=O) groups excluding carboxylic acids is 2. The van der Waals surface area contributed by atoms with Crippen LogP contribution in [-0.4, -0.2) is 38.4 Å². The molecule has 22 heavy (non-hydrogen) atoms. The normalized spacial score (nSPS) is 20.6. The van der Waals surface area contributed by atoms with E-state index in [2.05, 4.69) is 11.9 Å². The molecule has 6 heteroatoms. The molecule has 2 amide bonds. The Balaban J connectivity index is 2.23. The minimum Gasteiger partial charge on any atom is -0.339 e. The van der Waals surface area contributed by atoms with Crippen LogP contribution in [0.1, 0.15) is 24.2 Å². The number of thioether (sulfide) groups is 1. The molecule has 0 bridgehead atoms. The lowest BCUT2D eigenvalue weighted by molar-refractivity contribution is -0.129. The van der Waals surface area contributed by atoms with Gasteiger partial charge in [0.25, 0.3) is 11.8 Å². The molecular weight excluding hydrogens is 316 g/mol. The molecule has 1 fully saturated rings. The highest BCUT2D eigenvalue weighted by molar-refractivity contribution is 8.24. The van der Waals surface area contributed by atoms with Crippen molar-refractivity contribution in [2.24, 2.45) is 0 Å². The predicted molar refractivity (Wildman–Crippen MR) is 93.9 cm³/mol. The Bertz CT molecular complexity index is 614. The van der Waals surface area contributed by atoms with Crippen molar-refractivity contribution < 1.29 is 9.59 Å². The molecule has 4 nitrogen and oxygen atoms in total. The quantitative estimate of drug-likeness (QED) is 0.679.